The van der Waals surface area contributed by atoms with Gasteiger partial charge in [0.2, 0.25) is 0 Å². The Bertz CT molecular complexity index is 3140. The molecule has 56 heavy (non-hydrogen) atoms. The first-order valence-corrected chi connectivity index (χ1v) is 19.0. The van der Waals surface area contributed by atoms with Crippen molar-refractivity contribution in [1.82, 2.24) is 14.9 Å². The van der Waals surface area contributed by atoms with Crippen LogP contribution in [0.5, 0.6) is 0 Å². The minimum absolute atomic E-state index is 0.00321. The van der Waals surface area contributed by atoms with Gasteiger partial charge >= 0.3 is 0 Å². The van der Waals surface area contributed by atoms with Gasteiger partial charge in [-0.3, -0.25) is 0 Å². The van der Waals surface area contributed by atoms with Gasteiger partial charge in [-0.15, -0.1) is 0 Å². The molecule has 1 aliphatic heterocycles. The van der Waals surface area contributed by atoms with E-state index >= 15 is 0 Å². The summed E-state index contributed by atoms with van der Waals surface area (Å²) in [5.41, 5.74) is 14.2. The highest BCUT2D eigenvalue weighted by Crippen LogP contribution is 2.45. The van der Waals surface area contributed by atoms with Crippen molar-refractivity contribution in [2.45, 2.75) is 6.04 Å². The van der Waals surface area contributed by atoms with E-state index in [1.807, 2.05) is 12.1 Å². The molecule has 5 heteroatoms. The van der Waals surface area contributed by atoms with Crippen LogP contribution in [0.2, 0.25) is 0 Å². The van der Waals surface area contributed by atoms with Gasteiger partial charge in [0.15, 0.2) is 5.58 Å². The topological polar surface area (TPSA) is 55.4 Å². The van der Waals surface area contributed by atoms with E-state index in [0.717, 1.165) is 94.6 Å². The van der Waals surface area contributed by atoms with Gasteiger partial charge in [0.25, 0.3) is 0 Å². The average Bonchev–Trinajstić information content (AvgIpc) is 3.82. The average molecular weight is 719 g/mol. The number of pyridine rings is 1. The molecule has 0 amide bonds. The summed E-state index contributed by atoms with van der Waals surface area (Å²) in [6.07, 6.45) is 2.22. The first-order valence-electron chi connectivity index (χ1n) is 19.0. The Morgan fingerprint density at radius 3 is 1.96 bits per heavy atom. The predicted octanol–water partition coefficient (Wildman–Crippen LogP) is 12.5. The fourth-order valence-corrected chi connectivity index (χ4v) is 8.16. The zero-order chi connectivity index (χ0) is 37.0. The highest BCUT2D eigenvalue weighted by molar-refractivity contribution is 6.24. The van der Waals surface area contributed by atoms with Crippen molar-refractivity contribution >= 4 is 55.4 Å². The Balaban J connectivity index is 1.04. The summed E-state index contributed by atoms with van der Waals surface area (Å²) in [5, 5.41) is 6.73. The molecule has 0 radical (unpaired) electrons. The SMILES string of the molecule is C1=C(c2ccc(-c3cccc(-c4nc5ccccc5c5oc6c7ccccc7n(-c7ccccc7)c6c45)c3)cc2)N=C(c2ccccc2)NC1c1ccccc1. The van der Waals surface area contributed by atoms with Crippen molar-refractivity contribution < 1.29 is 4.42 Å². The van der Waals surface area contributed by atoms with E-state index in [-0.39, 0.29) is 6.04 Å². The maximum Gasteiger partial charge on any atom is 0.161 e. The lowest BCUT2D eigenvalue weighted by molar-refractivity contribution is 0.676. The Labute approximate surface area is 323 Å². The standard InChI is InChI=1S/C51H34N4O/c1-4-15-34(16-5-1)43-32-44(54-51(53-43)36-17-6-2-7-18-36)35-29-27-33(28-30-35)37-19-14-20-38(31-37)47-46-48-50(56-49(46)40-23-10-12-25-42(40)52-47)41-24-11-13-26-45(41)55(48)39-21-8-3-9-22-39/h1-32,43H,(H,53,54). The van der Waals surface area contributed by atoms with Crippen molar-refractivity contribution in [2.75, 3.05) is 0 Å². The van der Waals surface area contributed by atoms with E-state index in [1.54, 1.807) is 0 Å². The van der Waals surface area contributed by atoms with Crippen LogP contribution >= 0.6 is 0 Å². The zero-order valence-electron chi connectivity index (χ0n) is 30.3. The lowest BCUT2D eigenvalue weighted by Crippen LogP contribution is -2.31. The number of nitrogens with one attached hydrogen (secondary N) is 1. The highest BCUT2D eigenvalue weighted by Gasteiger charge is 2.25. The second-order valence-corrected chi connectivity index (χ2v) is 14.2. The van der Waals surface area contributed by atoms with Crippen molar-refractivity contribution in [3.63, 3.8) is 0 Å². The number of hydrogen-bond donors (Lipinski definition) is 1. The lowest BCUT2D eigenvalue weighted by atomic mass is 9.97. The van der Waals surface area contributed by atoms with Gasteiger partial charge in [-0.1, -0.05) is 146 Å². The number of nitrogens with zero attached hydrogens (tertiary/aromatic N) is 3. The minimum Gasteiger partial charge on any atom is -0.453 e. The van der Waals surface area contributed by atoms with Crippen LogP contribution in [0.25, 0.3) is 77.6 Å². The van der Waals surface area contributed by atoms with Gasteiger partial charge in [0.05, 0.1) is 33.9 Å². The van der Waals surface area contributed by atoms with E-state index in [2.05, 4.69) is 192 Å². The molecule has 3 aromatic heterocycles. The van der Waals surface area contributed by atoms with Crippen molar-refractivity contribution in [3.8, 4) is 28.1 Å². The molecule has 0 spiro atoms. The summed E-state index contributed by atoms with van der Waals surface area (Å²) in [7, 11) is 0. The molecule has 10 aromatic rings. The molecule has 1 atom stereocenters. The molecule has 0 bridgehead atoms. The first kappa shape index (κ1) is 32.0. The molecular formula is C51H34N4O. The van der Waals surface area contributed by atoms with Crippen molar-refractivity contribution in [2.24, 2.45) is 4.99 Å². The molecule has 0 saturated heterocycles. The van der Waals surface area contributed by atoms with E-state index in [9.17, 15) is 0 Å². The van der Waals surface area contributed by atoms with Crippen LogP contribution in [0.4, 0.5) is 0 Å². The molecule has 1 N–H and O–H groups in total. The molecule has 0 fully saturated rings. The van der Waals surface area contributed by atoms with Crippen LogP contribution in [0.3, 0.4) is 0 Å². The van der Waals surface area contributed by atoms with Gasteiger partial charge in [-0.05, 0) is 70.8 Å². The Morgan fingerprint density at radius 2 is 1.16 bits per heavy atom. The lowest BCUT2D eigenvalue weighted by Gasteiger charge is -2.24. The number of rotatable bonds is 6. The van der Waals surface area contributed by atoms with Gasteiger partial charge < -0.3 is 14.3 Å². The molecule has 0 aliphatic carbocycles. The number of furan rings is 1. The van der Waals surface area contributed by atoms with Crippen LogP contribution in [0.15, 0.2) is 204 Å². The quantitative estimate of drug-likeness (QED) is 0.186. The summed E-state index contributed by atoms with van der Waals surface area (Å²) in [4.78, 5) is 10.5. The van der Waals surface area contributed by atoms with Crippen LogP contribution < -0.4 is 5.32 Å². The first-order chi connectivity index (χ1) is 27.8. The van der Waals surface area contributed by atoms with E-state index in [1.165, 1.54) is 5.56 Å². The Kier molecular flexibility index (Phi) is 7.49. The van der Waals surface area contributed by atoms with Crippen LogP contribution in [-0.4, -0.2) is 15.4 Å². The monoisotopic (exact) mass is 718 g/mol. The summed E-state index contributed by atoms with van der Waals surface area (Å²) in [6.45, 7) is 0. The second-order valence-electron chi connectivity index (χ2n) is 14.2. The third kappa shape index (κ3) is 5.32. The Hall–Kier alpha value is -7.50. The minimum atomic E-state index is -0.00321. The van der Waals surface area contributed by atoms with Crippen LogP contribution in [-0.2, 0) is 0 Å². The molecule has 1 unspecified atom stereocenters. The summed E-state index contributed by atoms with van der Waals surface area (Å²) in [6, 6.07) is 65.6. The van der Waals surface area contributed by atoms with Crippen molar-refractivity contribution in [1.29, 1.82) is 0 Å². The van der Waals surface area contributed by atoms with Gasteiger partial charge in [0, 0.05) is 27.6 Å². The van der Waals surface area contributed by atoms with Crippen LogP contribution in [0.1, 0.15) is 22.7 Å². The van der Waals surface area contributed by atoms with Gasteiger partial charge in [-0.2, -0.15) is 0 Å². The molecular weight excluding hydrogens is 685 g/mol. The summed E-state index contributed by atoms with van der Waals surface area (Å²) < 4.78 is 9.24. The fourth-order valence-electron chi connectivity index (χ4n) is 8.16. The van der Waals surface area contributed by atoms with E-state index in [4.69, 9.17) is 14.4 Å². The number of aromatic nitrogens is 2. The number of aliphatic imine (C=N–C) groups is 1. The van der Waals surface area contributed by atoms with E-state index in [0.29, 0.717) is 0 Å². The zero-order valence-corrected chi connectivity index (χ0v) is 30.3. The number of benzene rings is 7. The smallest absolute Gasteiger partial charge is 0.161 e. The summed E-state index contributed by atoms with van der Waals surface area (Å²) >= 11 is 0. The highest BCUT2D eigenvalue weighted by atomic mass is 16.3. The number of fused-ring (bicyclic) bond motifs is 7. The Morgan fingerprint density at radius 1 is 0.518 bits per heavy atom. The van der Waals surface area contributed by atoms with Crippen LogP contribution in [0, 0.1) is 0 Å². The predicted molar refractivity (Wildman–Crippen MR) is 230 cm³/mol. The molecule has 264 valence electrons. The third-order valence-corrected chi connectivity index (χ3v) is 10.8. The largest absolute Gasteiger partial charge is 0.453 e. The van der Waals surface area contributed by atoms with E-state index < -0.39 is 0 Å². The molecule has 4 heterocycles. The maximum absolute atomic E-state index is 6.92. The number of amidine groups is 1. The molecule has 1 aliphatic rings. The molecule has 11 rings (SSSR count). The second kappa shape index (κ2) is 13.1. The normalized spacial score (nSPS) is 14.2. The molecule has 5 nitrogen and oxygen atoms in total. The van der Waals surface area contributed by atoms with Gasteiger partial charge in [-0.25, -0.2) is 9.98 Å². The maximum atomic E-state index is 6.92. The molecule has 7 aromatic carbocycles. The van der Waals surface area contributed by atoms with Crippen molar-refractivity contribution in [3.05, 3.63) is 211 Å². The summed E-state index contributed by atoms with van der Waals surface area (Å²) in [5.74, 6) is 0.864. The number of hydrogen-bond acceptors (Lipinski definition) is 4. The third-order valence-electron chi connectivity index (χ3n) is 10.8. The van der Waals surface area contributed by atoms with Gasteiger partial charge in [0.1, 0.15) is 16.9 Å². The fraction of sp³-hybridized carbons (Fsp3) is 0.0196. The molecule has 0 saturated carbocycles. The number of para-hydroxylation sites is 3.